The van der Waals surface area contributed by atoms with E-state index in [0.717, 1.165) is 18.6 Å². The topological polar surface area (TPSA) is 46.2 Å². The number of benzene rings is 1. The van der Waals surface area contributed by atoms with Crippen molar-refractivity contribution in [2.24, 2.45) is 0 Å². The van der Waals surface area contributed by atoms with Crippen LogP contribution >= 0.6 is 11.8 Å². The molecule has 0 radical (unpaired) electrons. The predicted octanol–water partition coefficient (Wildman–Crippen LogP) is 3.24. The molecule has 1 aromatic rings. The largest absolute Gasteiger partial charge is 0.384 e. The van der Waals surface area contributed by atoms with Gasteiger partial charge in [-0.3, -0.25) is 0 Å². The fourth-order valence-corrected chi connectivity index (χ4v) is 2.95. The predicted molar refractivity (Wildman–Crippen MR) is 75.7 cm³/mol. The van der Waals surface area contributed by atoms with E-state index in [9.17, 15) is 17.2 Å². The molecule has 3 nitrogen and oxygen atoms in total. The fraction of sp³-hybridized carbons (Fsp3) is 0.500. The number of para-hydroxylation sites is 1. The number of sulfone groups is 1. The SMILES string of the molecule is CSCCCCNc1ccccc1S(=O)(=O)C(F)F. The van der Waals surface area contributed by atoms with E-state index < -0.39 is 15.6 Å². The van der Waals surface area contributed by atoms with Crippen LogP contribution in [0.2, 0.25) is 0 Å². The van der Waals surface area contributed by atoms with E-state index in [4.69, 9.17) is 0 Å². The summed E-state index contributed by atoms with van der Waals surface area (Å²) in [7, 11) is -4.55. The molecular weight excluding hydrogens is 292 g/mol. The number of nitrogens with one attached hydrogen (secondary N) is 1. The van der Waals surface area contributed by atoms with Crippen LogP contribution in [-0.4, -0.2) is 32.7 Å². The highest BCUT2D eigenvalue weighted by atomic mass is 32.2. The van der Waals surface area contributed by atoms with Gasteiger partial charge in [-0.15, -0.1) is 0 Å². The maximum atomic E-state index is 12.5. The van der Waals surface area contributed by atoms with E-state index in [1.807, 2.05) is 6.26 Å². The summed E-state index contributed by atoms with van der Waals surface area (Å²) in [5.41, 5.74) is 0.243. The van der Waals surface area contributed by atoms with Gasteiger partial charge in [0.15, 0.2) is 0 Å². The van der Waals surface area contributed by atoms with Gasteiger partial charge in [0.05, 0.1) is 10.6 Å². The van der Waals surface area contributed by atoms with Crippen molar-refractivity contribution in [3.63, 3.8) is 0 Å². The van der Waals surface area contributed by atoms with Crippen molar-refractivity contribution in [3.05, 3.63) is 24.3 Å². The second kappa shape index (κ2) is 7.69. The quantitative estimate of drug-likeness (QED) is 0.749. The Morgan fingerprint density at radius 1 is 1.26 bits per heavy atom. The third-order valence-electron chi connectivity index (χ3n) is 2.52. The molecule has 0 unspecified atom stereocenters. The minimum atomic E-state index is -4.55. The number of rotatable bonds is 8. The van der Waals surface area contributed by atoms with Crippen LogP contribution in [0.5, 0.6) is 0 Å². The van der Waals surface area contributed by atoms with Crippen molar-refractivity contribution in [1.82, 2.24) is 0 Å². The molecule has 0 atom stereocenters. The van der Waals surface area contributed by atoms with E-state index in [0.29, 0.717) is 6.54 Å². The zero-order chi connectivity index (χ0) is 14.3. The Morgan fingerprint density at radius 2 is 1.95 bits per heavy atom. The van der Waals surface area contributed by atoms with Gasteiger partial charge in [0.2, 0.25) is 9.84 Å². The molecule has 0 aromatic heterocycles. The van der Waals surface area contributed by atoms with Gasteiger partial charge >= 0.3 is 5.76 Å². The van der Waals surface area contributed by atoms with Crippen molar-refractivity contribution in [1.29, 1.82) is 0 Å². The van der Waals surface area contributed by atoms with Crippen molar-refractivity contribution >= 4 is 27.3 Å². The van der Waals surface area contributed by atoms with E-state index >= 15 is 0 Å². The van der Waals surface area contributed by atoms with Crippen molar-refractivity contribution in [2.75, 3.05) is 23.9 Å². The molecule has 0 saturated heterocycles. The zero-order valence-corrected chi connectivity index (χ0v) is 12.2. The number of unbranched alkanes of at least 4 members (excludes halogenated alkanes) is 1. The van der Waals surface area contributed by atoms with E-state index in [-0.39, 0.29) is 10.6 Å². The monoisotopic (exact) mass is 309 g/mol. The highest BCUT2D eigenvalue weighted by Gasteiger charge is 2.28. The van der Waals surface area contributed by atoms with Gasteiger partial charge in [-0.25, -0.2) is 8.42 Å². The Kier molecular flexibility index (Phi) is 6.57. The van der Waals surface area contributed by atoms with Gasteiger partial charge < -0.3 is 5.32 Å². The third-order valence-corrected chi connectivity index (χ3v) is 4.65. The Hall–Kier alpha value is -0.820. The smallest absolute Gasteiger partial charge is 0.341 e. The van der Waals surface area contributed by atoms with Crippen LogP contribution < -0.4 is 5.32 Å². The number of hydrogen-bond donors (Lipinski definition) is 1. The minimum absolute atomic E-state index is 0.243. The van der Waals surface area contributed by atoms with Crippen molar-refractivity contribution < 1.29 is 17.2 Å². The molecule has 7 heteroatoms. The van der Waals surface area contributed by atoms with Crippen LogP contribution in [-0.2, 0) is 9.84 Å². The van der Waals surface area contributed by atoms with Crippen molar-refractivity contribution in [2.45, 2.75) is 23.5 Å². The highest BCUT2D eigenvalue weighted by molar-refractivity contribution is 7.98. The summed E-state index contributed by atoms with van der Waals surface area (Å²) in [5, 5.41) is 2.91. The average Bonchev–Trinajstić information content (AvgIpc) is 2.38. The Morgan fingerprint density at radius 3 is 2.58 bits per heavy atom. The maximum Gasteiger partial charge on any atom is 0.341 e. The molecule has 1 N–H and O–H groups in total. The van der Waals surface area contributed by atoms with Crippen LogP contribution in [0.3, 0.4) is 0 Å². The highest BCUT2D eigenvalue weighted by Crippen LogP contribution is 2.25. The number of halogens is 2. The fourth-order valence-electron chi connectivity index (χ4n) is 1.55. The molecule has 0 saturated carbocycles. The van der Waals surface area contributed by atoms with E-state index in [1.54, 1.807) is 17.8 Å². The molecule has 0 spiro atoms. The molecule has 0 bridgehead atoms. The standard InChI is InChI=1S/C12H17F2NO2S2/c1-18-9-5-4-8-15-10-6-2-3-7-11(10)19(16,17)12(13)14/h2-3,6-7,12,15H,4-5,8-9H2,1H3. The molecule has 0 aliphatic carbocycles. The summed E-state index contributed by atoms with van der Waals surface area (Å²) in [5.74, 6) is -2.37. The van der Waals surface area contributed by atoms with E-state index in [2.05, 4.69) is 5.32 Å². The lowest BCUT2D eigenvalue weighted by Gasteiger charge is -2.11. The molecule has 0 amide bonds. The van der Waals surface area contributed by atoms with E-state index in [1.165, 1.54) is 18.2 Å². The van der Waals surface area contributed by atoms with Crippen LogP contribution in [0.4, 0.5) is 14.5 Å². The molecular formula is C12H17F2NO2S2. The Balaban J connectivity index is 2.74. The Labute approximate surface area is 116 Å². The average molecular weight is 309 g/mol. The number of thioether (sulfide) groups is 1. The summed E-state index contributed by atoms with van der Waals surface area (Å²) in [4.78, 5) is -0.338. The molecule has 108 valence electrons. The summed E-state index contributed by atoms with van der Waals surface area (Å²) < 4.78 is 48.1. The number of hydrogen-bond acceptors (Lipinski definition) is 4. The van der Waals surface area contributed by atoms with Crippen LogP contribution in [0.15, 0.2) is 29.2 Å². The second-order valence-electron chi connectivity index (χ2n) is 3.93. The molecule has 19 heavy (non-hydrogen) atoms. The van der Waals surface area contributed by atoms with Gasteiger partial charge in [-0.1, -0.05) is 12.1 Å². The first-order chi connectivity index (χ1) is 9.00. The lowest BCUT2D eigenvalue weighted by molar-refractivity contribution is 0.235. The maximum absolute atomic E-state index is 12.5. The van der Waals surface area contributed by atoms with Crippen LogP contribution in [0.1, 0.15) is 12.8 Å². The lowest BCUT2D eigenvalue weighted by atomic mass is 10.3. The van der Waals surface area contributed by atoms with Gasteiger partial charge in [0.25, 0.3) is 0 Å². The molecule has 0 fully saturated rings. The number of alkyl halides is 2. The van der Waals surface area contributed by atoms with Crippen molar-refractivity contribution in [3.8, 4) is 0 Å². The molecule has 0 aliphatic rings. The molecule has 0 aliphatic heterocycles. The van der Waals surface area contributed by atoms with Crippen LogP contribution in [0, 0.1) is 0 Å². The van der Waals surface area contributed by atoms with Crippen LogP contribution in [0.25, 0.3) is 0 Å². The normalized spacial score (nSPS) is 11.8. The lowest BCUT2D eigenvalue weighted by Crippen LogP contribution is -2.14. The molecule has 0 heterocycles. The summed E-state index contributed by atoms with van der Waals surface area (Å²) >= 11 is 1.74. The Bertz CT molecular complexity index is 492. The first-order valence-electron chi connectivity index (χ1n) is 5.84. The van der Waals surface area contributed by atoms with Gasteiger partial charge in [-0.2, -0.15) is 20.5 Å². The molecule has 1 rings (SSSR count). The second-order valence-corrected chi connectivity index (χ2v) is 6.80. The summed E-state index contributed by atoms with van der Waals surface area (Å²) in [6.07, 6.45) is 3.87. The third kappa shape index (κ3) is 4.65. The summed E-state index contributed by atoms with van der Waals surface area (Å²) in [6.45, 7) is 0.566. The zero-order valence-electron chi connectivity index (χ0n) is 10.6. The first kappa shape index (κ1) is 16.2. The first-order valence-corrected chi connectivity index (χ1v) is 8.78. The van der Waals surface area contributed by atoms with Gasteiger partial charge in [0.1, 0.15) is 0 Å². The minimum Gasteiger partial charge on any atom is -0.384 e. The number of anilines is 1. The van der Waals surface area contributed by atoms with Gasteiger partial charge in [0, 0.05) is 6.54 Å². The van der Waals surface area contributed by atoms with Gasteiger partial charge in [-0.05, 0) is 37.0 Å². The molecule has 1 aromatic carbocycles. The summed E-state index contributed by atoms with van der Waals surface area (Å²) in [6, 6.07) is 5.76.